The van der Waals surface area contributed by atoms with E-state index in [2.05, 4.69) is 5.32 Å². The van der Waals surface area contributed by atoms with Crippen LogP contribution < -0.4 is 10.1 Å². The van der Waals surface area contributed by atoms with Crippen LogP contribution in [-0.4, -0.2) is 55.2 Å². The van der Waals surface area contributed by atoms with Crippen LogP contribution in [0.25, 0.3) is 0 Å². The van der Waals surface area contributed by atoms with E-state index in [4.69, 9.17) is 9.47 Å². The van der Waals surface area contributed by atoms with Gasteiger partial charge in [-0.15, -0.1) is 0 Å². The Bertz CT molecular complexity index is 813. The molecule has 6 nitrogen and oxygen atoms in total. The Kier molecular flexibility index (Phi) is 7.41. The molecule has 0 radical (unpaired) electrons. The third-order valence-corrected chi connectivity index (χ3v) is 5.98. The number of methoxy groups -OCH3 is 2. The third-order valence-electron chi connectivity index (χ3n) is 4.96. The number of urea groups is 1. The molecule has 2 aromatic carbocycles. The summed E-state index contributed by atoms with van der Waals surface area (Å²) in [5, 5.41) is 2.89. The molecule has 0 bridgehead atoms. The number of rotatable bonds is 6. The molecule has 1 saturated heterocycles. The number of benzene rings is 2. The topological polar surface area (TPSA) is 67.9 Å². The number of hydrogen-bond acceptors (Lipinski definition) is 5. The van der Waals surface area contributed by atoms with Gasteiger partial charge in [0.15, 0.2) is 0 Å². The second kappa shape index (κ2) is 10.2. The highest BCUT2D eigenvalue weighted by Crippen LogP contribution is 2.30. The van der Waals surface area contributed by atoms with Crippen molar-refractivity contribution in [2.75, 3.05) is 32.3 Å². The predicted octanol–water partition coefficient (Wildman–Crippen LogP) is 3.28. The van der Waals surface area contributed by atoms with Gasteiger partial charge in [0.25, 0.3) is 0 Å². The van der Waals surface area contributed by atoms with Crippen LogP contribution in [0.4, 0.5) is 4.79 Å². The smallest absolute Gasteiger partial charge is 0.328 e. The molecule has 0 saturated carbocycles. The SMILES string of the molecule is COC(=O)[C@H](Cc1ccccc1)NC(=O)N1CCSC[C@H]1c1ccc(OC)cc1. The lowest BCUT2D eigenvalue weighted by atomic mass is 10.1. The van der Waals surface area contributed by atoms with Gasteiger partial charge in [-0.05, 0) is 23.3 Å². The summed E-state index contributed by atoms with van der Waals surface area (Å²) >= 11 is 1.82. The van der Waals surface area contributed by atoms with Crippen LogP contribution >= 0.6 is 11.8 Å². The van der Waals surface area contributed by atoms with Crippen molar-refractivity contribution in [1.29, 1.82) is 0 Å². The maximum absolute atomic E-state index is 13.1. The molecule has 0 spiro atoms. The Hall–Kier alpha value is -2.67. The van der Waals surface area contributed by atoms with Crippen LogP contribution in [0.1, 0.15) is 17.2 Å². The van der Waals surface area contributed by atoms with Crippen molar-refractivity contribution in [2.24, 2.45) is 0 Å². The number of carbonyl (C=O) groups is 2. The van der Waals surface area contributed by atoms with E-state index in [1.807, 2.05) is 66.4 Å². The van der Waals surface area contributed by atoms with E-state index in [9.17, 15) is 9.59 Å². The summed E-state index contributed by atoms with van der Waals surface area (Å²) in [5.41, 5.74) is 2.01. The summed E-state index contributed by atoms with van der Waals surface area (Å²) in [5.74, 6) is 2.00. The second-order valence-electron chi connectivity index (χ2n) is 6.77. The van der Waals surface area contributed by atoms with E-state index in [0.29, 0.717) is 13.0 Å². The minimum atomic E-state index is -0.735. The Balaban J connectivity index is 1.74. The molecule has 1 heterocycles. The van der Waals surface area contributed by atoms with E-state index >= 15 is 0 Å². The first-order chi connectivity index (χ1) is 14.1. The van der Waals surface area contributed by atoms with Crippen LogP contribution in [0, 0.1) is 0 Å². The highest BCUT2D eigenvalue weighted by molar-refractivity contribution is 7.99. The molecule has 0 aromatic heterocycles. The van der Waals surface area contributed by atoms with Gasteiger partial charge < -0.3 is 19.7 Å². The number of esters is 1. The number of ether oxygens (including phenoxy) is 2. The monoisotopic (exact) mass is 414 g/mol. The van der Waals surface area contributed by atoms with Gasteiger partial charge in [0, 0.05) is 24.5 Å². The number of hydrogen-bond donors (Lipinski definition) is 1. The summed E-state index contributed by atoms with van der Waals surface area (Å²) in [7, 11) is 2.97. The van der Waals surface area contributed by atoms with E-state index in [-0.39, 0.29) is 12.1 Å². The molecule has 1 aliphatic heterocycles. The largest absolute Gasteiger partial charge is 0.497 e. The summed E-state index contributed by atoms with van der Waals surface area (Å²) in [4.78, 5) is 27.2. The van der Waals surface area contributed by atoms with Gasteiger partial charge in [0.2, 0.25) is 0 Å². The van der Waals surface area contributed by atoms with Crippen molar-refractivity contribution < 1.29 is 19.1 Å². The van der Waals surface area contributed by atoms with Crippen LogP contribution in [0.3, 0.4) is 0 Å². The first-order valence-electron chi connectivity index (χ1n) is 9.53. The number of carbonyl (C=O) groups excluding carboxylic acids is 2. The molecule has 0 aliphatic carbocycles. The first kappa shape index (κ1) is 21.0. The molecule has 2 aromatic rings. The fourth-order valence-corrected chi connectivity index (χ4v) is 4.45. The summed E-state index contributed by atoms with van der Waals surface area (Å²) in [6.45, 7) is 0.617. The predicted molar refractivity (Wildman–Crippen MR) is 114 cm³/mol. The molecule has 0 unspecified atom stereocenters. The van der Waals surface area contributed by atoms with Gasteiger partial charge in [-0.3, -0.25) is 0 Å². The lowest BCUT2D eigenvalue weighted by Crippen LogP contribution is -2.52. The maximum atomic E-state index is 13.1. The van der Waals surface area contributed by atoms with Crippen molar-refractivity contribution in [3.05, 3.63) is 65.7 Å². The molecule has 2 atom stereocenters. The van der Waals surface area contributed by atoms with Gasteiger partial charge in [-0.25, -0.2) is 9.59 Å². The molecule has 2 amide bonds. The Morgan fingerprint density at radius 2 is 1.86 bits per heavy atom. The minimum absolute atomic E-state index is 0.0605. The molecule has 7 heteroatoms. The number of nitrogens with zero attached hydrogens (tertiary/aromatic N) is 1. The van der Waals surface area contributed by atoms with Crippen molar-refractivity contribution in [3.8, 4) is 5.75 Å². The molecule has 154 valence electrons. The average molecular weight is 415 g/mol. The zero-order valence-corrected chi connectivity index (χ0v) is 17.5. The number of nitrogens with one attached hydrogen (secondary N) is 1. The van der Waals surface area contributed by atoms with E-state index in [1.54, 1.807) is 12.0 Å². The lowest BCUT2D eigenvalue weighted by molar-refractivity contribution is -0.142. The number of thioether (sulfide) groups is 1. The van der Waals surface area contributed by atoms with Crippen LogP contribution in [-0.2, 0) is 16.0 Å². The molecular weight excluding hydrogens is 388 g/mol. The molecule has 29 heavy (non-hydrogen) atoms. The van der Waals surface area contributed by atoms with Crippen LogP contribution in [0.5, 0.6) is 5.75 Å². The molecular formula is C22H26N2O4S. The Morgan fingerprint density at radius 1 is 1.14 bits per heavy atom. The van der Waals surface area contributed by atoms with Gasteiger partial charge in [0.05, 0.1) is 20.3 Å². The average Bonchev–Trinajstić information content (AvgIpc) is 2.78. The van der Waals surface area contributed by atoms with Crippen LogP contribution in [0.15, 0.2) is 54.6 Å². The summed E-state index contributed by atoms with van der Waals surface area (Å²) in [6, 6.07) is 16.3. The molecule has 3 rings (SSSR count). The van der Waals surface area contributed by atoms with Crippen molar-refractivity contribution in [2.45, 2.75) is 18.5 Å². The summed E-state index contributed by atoms with van der Waals surface area (Å²) < 4.78 is 10.1. The normalized spacial score (nSPS) is 17.3. The lowest BCUT2D eigenvalue weighted by Gasteiger charge is -2.36. The molecule has 1 fully saturated rings. The standard InChI is InChI=1S/C22H26N2O4S/c1-27-18-10-8-17(9-11-18)20-15-29-13-12-24(20)22(26)23-19(21(25)28-2)14-16-6-4-3-5-7-16/h3-11,19-20H,12-15H2,1-2H3,(H,23,26)/t19-,20-/m0/s1. The minimum Gasteiger partial charge on any atom is -0.497 e. The third kappa shape index (κ3) is 5.44. The maximum Gasteiger partial charge on any atom is 0.328 e. The fourth-order valence-electron chi connectivity index (χ4n) is 3.37. The fraction of sp³-hybridized carbons (Fsp3) is 0.364. The Morgan fingerprint density at radius 3 is 2.52 bits per heavy atom. The quantitative estimate of drug-likeness (QED) is 0.735. The number of amides is 2. The van der Waals surface area contributed by atoms with Gasteiger partial charge in [-0.1, -0.05) is 42.5 Å². The first-order valence-corrected chi connectivity index (χ1v) is 10.7. The van der Waals surface area contributed by atoms with E-state index in [1.165, 1.54) is 7.11 Å². The van der Waals surface area contributed by atoms with Crippen molar-refractivity contribution in [1.82, 2.24) is 10.2 Å². The Labute approximate surface area is 175 Å². The molecule has 1 N–H and O–H groups in total. The van der Waals surface area contributed by atoms with Gasteiger partial charge in [-0.2, -0.15) is 11.8 Å². The highest BCUT2D eigenvalue weighted by Gasteiger charge is 2.31. The molecule has 1 aliphatic rings. The van der Waals surface area contributed by atoms with E-state index < -0.39 is 12.0 Å². The summed E-state index contributed by atoms with van der Waals surface area (Å²) in [6.07, 6.45) is 0.384. The van der Waals surface area contributed by atoms with E-state index in [0.717, 1.165) is 28.4 Å². The van der Waals surface area contributed by atoms with Crippen LogP contribution in [0.2, 0.25) is 0 Å². The second-order valence-corrected chi connectivity index (χ2v) is 7.92. The highest BCUT2D eigenvalue weighted by atomic mass is 32.2. The van der Waals surface area contributed by atoms with Gasteiger partial charge >= 0.3 is 12.0 Å². The zero-order valence-electron chi connectivity index (χ0n) is 16.7. The van der Waals surface area contributed by atoms with Crippen molar-refractivity contribution in [3.63, 3.8) is 0 Å². The van der Waals surface area contributed by atoms with Gasteiger partial charge in [0.1, 0.15) is 11.8 Å². The zero-order chi connectivity index (χ0) is 20.6. The van der Waals surface area contributed by atoms with Crippen molar-refractivity contribution >= 4 is 23.8 Å².